The fraction of sp³-hybridized carbons (Fsp3) is 0.143. The van der Waals surface area contributed by atoms with Crippen molar-refractivity contribution in [3.63, 3.8) is 0 Å². The van der Waals surface area contributed by atoms with Crippen LogP contribution in [0.2, 0.25) is 0 Å². The van der Waals surface area contributed by atoms with E-state index in [1.54, 1.807) is 31.2 Å². The van der Waals surface area contributed by atoms with Gasteiger partial charge in [0.25, 0.3) is 0 Å². The highest BCUT2D eigenvalue weighted by Gasteiger charge is 2.08. The fourth-order valence-corrected chi connectivity index (χ4v) is 1.46. The predicted molar refractivity (Wildman–Crippen MR) is 65.5 cm³/mol. The Bertz CT molecular complexity index is 579. The lowest BCUT2D eigenvalue weighted by molar-refractivity contribution is 0.101. The summed E-state index contributed by atoms with van der Waals surface area (Å²) < 4.78 is 19.0. The molecule has 1 heterocycles. The number of benzene rings is 1. The first-order valence-corrected chi connectivity index (χ1v) is 5.48. The number of carbonyl (C=O) groups is 1. The van der Waals surface area contributed by atoms with Crippen LogP contribution in [0, 0.1) is 12.7 Å². The molecule has 0 aliphatic carbocycles. The lowest BCUT2D eigenvalue weighted by atomic mass is 10.2. The summed E-state index contributed by atoms with van der Waals surface area (Å²) in [5, 5.41) is 0. The third-order valence-electron chi connectivity index (χ3n) is 2.51. The molecule has 0 spiro atoms. The van der Waals surface area contributed by atoms with Gasteiger partial charge in [0.15, 0.2) is 17.3 Å². The summed E-state index contributed by atoms with van der Waals surface area (Å²) in [5.41, 5.74) is 1.000. The number of halogens is 1. The normalized spacial score (nSPS) is 10.2. The summed E-state index contributed by atoms with van der Waals surface area (Å²) in [4.78, 5) is 15.0. The third-order valence-corrected chi connectivity index (χ3v) is 2.51. The van der Waals surface area contributed by atoms with Gasteiger partial charge in [-0.25, -0.2) is 9.37 Å². The van der Waals surface area contributed by atoms with E-state index in [4.69, 9.17) is 4.74 Å². The van der Waals surface area contributed by atoms with Gasteiger partial charge in [0.05, 0.1) is 0 Å². The van der Waals surface area contributed by atoms with Gasteiger partial charge < -0.3 is 4.74 Å². The van der Waals surface area contributed by atoms with Crippen molar-refractivity contribution in [2.75, 3.05) is 0 Å². The van der Waals surface area contributed by atoms with Crippen molar-refractivity contribution >= 4 is 5.78 Å². The highest BCUT2D eigenvalue weighted by Crippen LogP contribution is 2.24. The lowest BCUT2D eigenvalue weighted by Gasteiger charge is -2.07. The molecule has 3 nitrogen and oxygen atoms in total. The van der Waals surface area contributed by atoms with Crippen LogP contribution >= 0.6 is 0 Å². The Balaban J connectivity index is 2.24. The number of aryl methyl sites for hydroxylation is 1. The zero-order valence-corrected chi connectivity index (χ0v) is 10.1. The van der Waals surface area contributed by atoms with Crippen LogP contribution in [0.1, 0.15) is 22.8 Å². The summed E-state index contributed by atoms with van der Waals surface area (Å²) >= 11 is 0. The van der Waals surface area contributed by atoms with E-state index in [1.165, 1.54) is 19.2 Å². The van der Waals surface area contributed by atoms with E-state index in [9.17, 15) is 9.18 Å². The number of carbonyl (C=O) groups excluding carboxylic acids is 1. The van der Waals surface area contributed by atoms with Crippen LogP contribution in [0.4, 0.5) is 4.39 Å². The molecular formula is C14H12FNO2. The van der Waals surface area contributed by atoms with Crippen molar-refractivity contribution in [2.24, 2.45) is 0 Å². The number of hydrogen-bond donors (Lipinski definition) is 0. The minimum atomic E-state index is -0.407. The van der Waals surface area contributed by atoms with Crippen LogP contribution in [-0.2, 0) is 0 Å². The summed E-state index contributed by atoms with van der Waals surface area (Å²) in [6.45, 7) is 3.12. The van der Waals surface area contributed by atoms with Crippen LogP contribution in [-0.4, -0.2) is 10.8 Å². The maximum Gasteiger partial charge on any atom is 0.219 e. The molecule has 92 valence electrons. The molecule has 0 atom stereocenters. The zero-order valence-electron chi connectivity index (χ0n) is 10.1. The highest BCUT2D eigenvalue weighted by molar-refractivity contribution is 5.93. The van der Waals surface area contributed by atoms with Gasteiger partial charge in [0, 0.05) is 17.8 Å². The smallest absolute Gasteiger partial charge is 0.219 e. The maximum atomic E-state index is 13.7. The van der Waals surface area contributed by atoms with Gasteiger partial charge in [0.2, 0.25) is 5.88 Å². The minimum Gasteiger partial charge on any atom is -0.436 e. The van der Waals surface area contributed by atoms with E-state index < -0.39 is 5.82 Å². The van der Waals surface area contributed by atoms with Crippen LogP contribution in [0.3, 0.4) is 0 Å². The van der Waals surface area contributed by atoms with Crippen LogP contribution in [0.15, 0.2) is 36.5 Å². The van der Waals surface area contributed by atoms with E-state index in [1.807, 2.05) is 0 Å². The van der Waals surface area contributed by atoms with Crippen molar-refractivity contribution in [1.29, 1.82) is 0 Å². The fourth-order valence-electron chi connectivity index (χ4n) is 1.46. The first kappa shape index (κ1) is 12.2. The summed E-state index contributed by atoms with van der Waals surface area (Å²) in [6.07, 6.45) is 1.41. The molecule has 0 saturated heterocycles. The summed E-state index contributed by atoms with van der Waals surface area (Å²) in [6, 6.07) is 8.03. The van der Waals surface area contributed by atoms with Crippen LogP contribution < -0.4 is 4.74 Å². The van der Waals surface area contributed by atoms with Crippen molar-refractivity contribution in [3.8, 4) is 11.6 Å². The van der Waals surface area contributed by atoms with E-state index in [0.29, 0.717) is 11.1 Å². The standard InChI is InChI=1S/C14H12FNO2/c1-9-4-3-5-12(14(9)15)18-13-7-6-11(8-16-13)10(2)17/h3-8H,1-2H3. The molecule has 0 fully saturated rings. The number of aromatic nitrogens is 1. The number of Topliss-reactive ketones (excluding diaryl/α,β-unsaturated/α-hetero) is 1. The molecule has 4 heteroatoms. The van der Waals surface area contributed by atoms with Gasteiger partial charge >= 0.3 is 0 Å². The first-order chi connectivity index (χ1) is 8.58. The number of ether oxygens (including phenoxy) is 1. The number of hydrogen-bond acceptors (Lipinski definition) is 3. The average molecular weight is 245 g/mol. The van der Waals surface area contributed by atoms with Crippen LogP contribution in [0.25, 0.3) is 0 Å². The molecule has 0 aliphatic rings. The Morgan fingerprint density at radius 1 is 1.28 bits per heavy atom. The molecule has 0 N–H and O–H groups in total. The molecule has 1 aromatic heterocycles. The Hall–Kier alpha value is -2.23. The monoisotopic (exact) mass is 245 g/mol. The minimum absolute atomic E-state index is 0.0733. The molecule has 0 saturated carbocycles. The molecule has 1 aromatic carbocycles. The van der Waals surface area contributed by atoms with Gasteiger partial charge in [-0.1, -0.05) is 12.1 Å². The first-order valence-electron chi connectivity index (χ1n) is 5.48. The molecular weight excluding hydrogens is 233 g/mol. The lowest BCUT2D eigenvalue weighted by Crippen LogP contribution is -1.96. The Morgan fingerprint density at radius 2 is 2.06 bits per heavy atom. The average Bonchev–Trinajstić information content (AvgIpc) is 2.36. The molecule has 2 rings (SSSR count). The Morgan fingerprint density at radius 3 is 2.67 bits per heavy atom. The molecule has 2 aromatic rings. The molecule has 0 aliphatic heterocycles. The van der Waals surface area contributed by atoms with E-state index in [-0.39, 0.29) is 17.4 Å². The molecule has 0 unspecified atom stereocenters. The molecule has 0 bridgehead atoms. The maximum absolute atomic E-state index is 13.7. The quantitative estimate of drug-likeness (QED) is 0.776. The number of rotatable bonds is 3. The highest BCUT2D eigenvalue weighted by atomic mass is 19.1. The van der Waals surface area contributed by atoms with Crippen molar-refractivity contribution in [2.45, 2.75) is 13.8 Å². The zero-order chi connectivity index (χ0) is 13.1. The van der Waals surface area contributed by atoms with Gasteiger partial charge in [-0.05, 0) is 31.5 Å². The van der Waals surface area contributed by atoms with Crippen molar-refractivity contribution < 1.29 is 13.9 Å². The predicted octanol–water partition coefficient (Wildman–Crippen LogP) is 3.52. The van der Waals surface area contributed by atoms with Gasteiger partial charge in [-0.2, -0.15) is 0 Å². The Kier molecular flexibility index (Phi) is 3.37. The van der Waals surface area contributed by atoms with Crippen molar-refractivity contribution in [3.05, 3.63) is 53.5 Å². The number of ketones is 1. The van der Waals surface area contributed by atoms with E-state index >= 15 is 0 Å². The second-order valence-corrected chi connectivity index (χ2v) is 3.93. The second kappa shape index (κ2) is 4.96. The van der Waals surface area contributed by atoms with E-state index in [0.717, 1.165) is 0 Å². The largest absolute Gasteiger partial charge is 0.436 e. The van der Waals surface area contributed by atoms with Gasteiger partial charge in [0.1, 0.15) is 0 Å². The SMILES string of the molecule is CC(=O)c1ccc(Oc2cccc(C)c2F)nc1. The molecule has 0 radical (unpaired) electrons. The van der Waals surface area contributed by atoms with Crippen molar-refractivity contribution in [1.82, 2.24) is 4.98 Å². The van der Waals surface area contributed by atoms with Gasteiger partial charge in [-0.15, -0.1) is 0 Å². The van der Waals surface area contributed by atoms with Gasteiger partial charge in [-0.3, -0.25) is 4.79 Å². The van der Waals surface area contributed by atoms with E-state index in [2.05, 4.69) is 4.98 Å². The number of nitrogens with zero attached hydrogens (tertiary/aromatic N) is 1. The molecule has 18 heavy (non-hydrogen) atoms. The van der Waals surface area contributed by atoms with Crippen LogP contribution in [0.5, 0.6) is 11.6 Å². The topological polar surface area (TPSA) is 39.2 Å². The summed E-state index contributed by atoms with van der Waals surface area (Å²) in [7, 11) is 0. The molecule has 0 amide bonds. The second-order valence-electron chi connectivity index (χ2n) is 3.93. The summed E-state index contributed by atoms with van der Waals surface area (Å²) in [5.74, 6) is -0.103. The third kappa shape index (κ3) is 2.53. The number of pyridine rings is 1. The Labute approximate surface area is 104 Å².